The summed E-state index contributed by atoms with van der Waals surface area (Å²) in [6.07, 6.45) is 0.803. The average Bonchev–Trinajstić information content (AvgIpc) is 2.46. The fourth-order valence-corrected chi connectivity index (χ4v) is 3.35. The van der Waals surface area contributed by atoms with Crippen LogP contribution >= 0.6 is 0 Å². The van der Waals surface area contributed by atoms with Crippen LogP contribution in [0.1, 0.15) is 12.0 Å². The lowest BCUT2D eigenvalue weighted by molar-refractivity contribution is -0.151. The summed E-state index contributed by atoms with van der Waals surface area (Å²) in [5.41, 5.74) is 1.14. The predicted molar refractivity (Wildman–Crippen MR) is 81.6 cm³/mol. The minimum atomic E-state index is -3.63. The predicted octanol–water partition coefficient (Wildman–Crippen LogP) is 1.03. The highest BCUT2D eigenvalue weighted by Crippen LogP contribution is 2.24. The van der Waals surface area contributed by atoms with Crippen molar-refractivity contribution in [2.45, 2.75) is 19.1 Å². The minimum absolute atomic E-state index is 0.377. The van der Waals surface area contributed by atoms with Crippen molar-refractivity contribution in [1.82, 2.24) is 4.90 Å². The molecule has 1 saturated heterocycles. The highest BCUT2D eigenvalue weighted by molar-refractivity contribution is 7.86. The van der Waals surface area contributed by atoms with E-state index in [4.69, 9.17) is 8.92 Å². The molecule has 1 heterocycles. The Morgan fingerprint density at radius 2 is 2.00 bits per heavy atom. The molecule has 2 unspecified atom stereocenters. The van der Waals surface area contributed by atoms with Gasteiger partial charge >= 0.3 is 5.97 Å². The Bertz CT molecular complexity index is 602. The van der Waals surface area contributed by atoms with Crippen molar-refractivity contribution in [2.24, 2.45) is 5.92 Å². The van der Waals surface area contributed by atoms with Gasteiger partial charge < -0.3 is 4.74 Å². The Morgan fingerprint density at radius 3 is 2.59 bits per heavy atom. The Balaban J connectivity index is 2.07. The third-order valence-electron chi connectivity index (χ3n) is 3.69. The van der Waals surface area contributed by atoms with Crippen molar-refractivity contribution in [3.63, 3.8) is 0 Å². The lowest BCUT2D eigenvalue weighted by Crippen LogP contribution is -2.48. The molecule has 2 atom stereocenters. The Kier molecular flexibility index (Phi) is 5.55. The Labute approximate surface area is 131 Å². The molecule has 1 aliphatic rings. The summed E-state index contributed by atoms with van der Waals surface area (Å²) in [4.78, 5) is 13.9. The highest BCUT2D eigenvalue weighted by Gasteiger charge is 2.37. The SMILES string of the molecule is COC(=O)C1CCN(Cc2ccccc2)CC1OS(C)(=O)=O. The lowest BCUT2D eigenvalue weighted by atomic mass is 9.93. The molecule has 1 fully saturated rings. The van der Waals surface area contributed by atoms with Gasteiger partial charge in [0.2, 0.25) is 0 Å². The summed E-state index contributed by atoms with van der Waals surface area (Å²) in [7, 11) is -2.33. The fraction of sp³-hybridized carbons (Fsp3) is 0.533. The van der Waals surface area contributed by atoms with Crippen LogP contribution in [0.5, 0.6) is 0 Å². The molecule has 2 rings (SSSR count). The fourth-order valence-electron chi connectivity index (χ4n) is 2.71. The normalized spacial score (nSPS) is 23.2. The third-order valence-corrected chi connectivity index (χ3v) is 4.29. The first-order valence-electron chi connectivity index (χ1n) is 7.11. The van der Waals surface area contributed by atoms with Gasteiger partial charge in [0.25, 0.3) is 10.1 Å². The van der Waals surface area contributed by atoms with E-state index in [1.165, 1.54) is 7.11 Å². The number of esters is 1. The van der Waals surface area contributed by atoms with Gasteiger partial charge in [-0.05, 0) is 18.5 Å². The van der Waals surface area contributed by atoms with E-state index >= 15 is 0 Å². The van der Waals surface area contributed by atoms with Crippen LogP contribution in [-0.2, 0) is 30.4 Å². The largest absolute Gasteiger partial charge is 0.469 e. The van der Waals surface area contributed by atoms with E-state index in [2.05, 4.69) is 4.90 Å². The van der Waals surface area contributed by atoms with Gasteiger partial charge in [0, 0.05) is 13.1 Å². The monoisotopic (exact) mass is 327 g/mol. The van der Waals surface area contributed by atoms with Crippen LogP contribution in [0.4, 0.5) is 0 Å². The molecule has 0 amide bonds. The summed E-state index contributed by atoms with van der Waals surface area (Å²) in [5, 5.41) is 0. The van der Waals surface area contributed by atoms with Gasteiger partial charge in [-0.2, -0.15) is 8.42 Å². The van der Waals surface area contributed by atoms with E-state index in [-0.39, 0.29) is 0 Å². The van der Waals surface area contributed by atoms with E-state index in [9.17, 15) is 13.2 Å². The maximum Gasteiger partial charge on any atom is 0.311 e. The van der Waals surface area contributed by atoms with E-state index in [1.807, 2.05) is 30.3 Å². The van der Waals surface area contributed by atoms with Crippen LogP contribution < -0.4 is 0 Å². The Morgan fingerprint density at radius 1 is 1.32 bits per heavy atom. The molecule has 1 aromatic rings. The van der Waals surface area contributed by atoms with Crippen molar-refractivity contribution >= 4 is 16.1 Å². The van der Waals surface area contributed by atoms with Crippen LogP contribution in [-0.4, -0.2) is 51.8 Å². The molecule has 122 valence electrons. The van der Waals surface area contributed by atoms with Crippen molar-refractivity contribution < 1.29 is 22.1 Å². The first-order valence-corrected chi connectivity index (χ1v) is 8.93. The van der Waals surface area contributed by atoms with Gasteiger partial charge in [0.1, 0.15) is 6.10 Å². The number of rotatable bonds is 5. The highest BCUT2D eigenvalue weighted by atomic mass is 32.2. The average molecular weight is 327 g/mol. The van der Waals surface area contributed by atoms with Gasteiger partial charge in [-0.15, -0.1) is 0 Å². The second-order valence-corrected chi connectivity index (χ2v) is 7.08. The minimum Gasteiger partial charge on any atom is -0.469 e. The zero-order valence-electron chi connectivity index (χ0n) is 12.8. The third kappa shape index (κ3) is 4.79. The number of carbonyl (C=O) groups is 1. The van der Waals surface area contributed by atoms with Crippen molar-refractivity contribution in [3.8, 4) is 0 Å². The van der Waals surface area contributed by atoms with Crippen LogP contribution in [0, 0.1) is 5.92 Å². The maximum atomic E-state index is 11.8. The molecule has 7 heteroatoms. The van der Waals surface area contributed by atoms with Gasteiger partial charge in [-0.3, -0.25) is 13.9 Å². The van der Waals surface area contributed by atoms with Gasteiger partial charge in [0.05, 0.1) is 19.3 Å². The number of hydrogen-bond acceptors (Lipinski definition) is 6. The second kappa shape index (κ2) is 7.21. The quantitative estimate of drug-likeness (QED) is 0.594. The number of piperidine rings is 1. The van der Waals surface area contributed by atoms with E-state index in [0.717, 1.165) is 11.8 Å². The van der Waals surface area contributed by atoms with E-state index in [1.54, 1.807) is 0 Å². The molecule has 1 aromatic carbocycles. The van der Waals surface area contributed by atoms with E-state index < -0.39 is 28.1 Å². The van der Waals surface area contributed by atoms with Crippen molar-refractivity contribution in [2.75, 3.05) is 26.5 Å². The maximum absolute atomic E-state index is 11.8. The van der Waals surface area contributed by atoms with E-state index in [0.29, 0.717) is 26.1 Å². The summed E-state index contributed by atoms with van der Waals surface area (Å²) < 4.78 is 32.7. The molecular weight excluding hydrogens is 306 g/mol. The van der Waals surface area contributed by atoms with Crippen molar-refractivity contribution in [1.29, 1.82) is 0 Å². The number of likely N-dealkylation sites (tertiary alicyclic amines) is 1. The number of nitrogens with zero attached hydrogens (tertiary/aromatic N) is 1. The van der Waals surface area contributed by atoms with Crippen LogP contribution in [0.15, 0.2) is 30.3 Å². The zero-order valence-corrected chi connectivity index (χ0v) is 13.6. The van der Waals surface area contributed by atoms with Gasteiger partial charge in [-0.25, -0.2) is 0 Å². The second-order valence-electron chi connectivity index (χ2n) is 5.48. The molecule has 6 nitrogen and oxygen atoms in total. The number of hydrogen-bond donors (Lipinski definition) is 0. The lowest BCUT2D eigenvalue weighted by Gasteiger charge is -2.36. The number of carbonyl (C=O) groups excluding carboxylic acids is 1. The van der Waals surface area contributed by atoms with Crippen LogP contribution in [0.3, 0.4) is 0 Å². The molecule has 0 radical (unpaired) electrons. The molecule has 1 aliphatic heterocycles. The molecular formula is C15H21NO5S. The van der Waals surface area contributed by atoms with Crippen molar-refractivity contribution in [3.05, 3.63) is 35.9 Å². The molecule has 0 aromatic heterocycles. The number of benzene rings is 1. The topological polar surface area (TPSA) is 72.9 Å². The molecule has 0 bridgehead atoms. The first-order chi connectivity index (χ1) is 10.4. The molecule has 0 spiro atoms. The molecule has 0 N–H and O–H groups in total. The summed E-state index contributed by atoms with van der Waals surface area (Å²) in [6.45, 7) is 1.76. The van der Waals surface area contributed by atoms with Gasteiger partial charge in [-0.1, -0.05) is 30.3 Å². The molecule has 0 aliphatic carbocycles. The van der Waals surface area contributed by atoms with Crippen LogP contribution in [0.2, 0.25) is 0 Å². The number of ether oxygens (including phenoxy) is 1. The molecule has 0 saturated carbocycles. The van der Waals surface area contributed by atoms with Gasteiger partial charge in [0.15, 0.2) is 0 Å². The first kappa shape index (κ1) is 16.9. The smallest absolute Gasteiger partial charge is 0.311 e. The summed E-state index contributed by atoms with van der Waals surface area (Å²) in [6, 6.07) is 9.89. The molecule has 22 heavy (non-hydrogen) atoms. The summed E-state index contributed by atoms with van der Waals surface area (Å²) in [5.74, 6) is -0.972. The standard InChI is InChI=1S/C15H21NO5S/c1-20-15(17)13-8-9-16(10-12-6-4-3-5-7-12)11-14(13)21-22(2,18)19/h3-7,13-14H,8-11H2,1-2H3. The summed E-state index contributed by atoms with van der Waals surface area (Å²) >= 11 is 0. The zero-order chi connectivity index (χ0) is 16.2. The van der Waals surface area contributed by atoms with Crippen LogP contribution in [0.25, 0.3) is 0 Å². The Hall–Kier alpha value is -1.44. The number of methoxy groups -OCH3 is 1.